The maximum atomic E-state index is 12.4. The van der Waals surface area contributed by atoms with E-state index in [-0.39, 0.29) is 5.91 Å². The average Bonchev–Trinajstić information content (AvgIpc) is 2.55. The van der Waals surface area contributed by atoms with Crippen molar-refractivity contribution >= 4 is 5.91 Å². The van der Waals surface area contributed by atoms with Crippen molar-refractivity contribution in [1.29, 1.82) is 0 Å². The molecular weight excluding hydrogens is 290 g/mol. The zero-order valence-corrected chi connectivity index (χ0v) is 14.6. The maximum absolute atomic E-state index is 12.4. The molecule has 4 heteroatoms. The second kappa shape index (κ2) is 8.80. The Morgan fingerprint density at radius 1 is 1.22 bits per heavy atom. The first kappa shape index (κ1) is 17.6. The van der Waals surface area contributed by atoms with Crippen LogP contribution in [0, 0.1) is 5.92 Å². The topological polar surface area (TPSA) is 38.8 Å². The summed E-state index contributed by atoms with van der Waals surface area (Å²) in [6, 6.07) is 5.97. The molecule has 1 aromatic carbocycles. The lowest BCUT2D eigenvalue weighted by molar-refractivity contribution is -0.132. The van der Waals surface area contributed by atoms with E-state index in [1.165, 1.54) is 6.42 Å². The Kier molecular flexibility index (Phi) is 6.75. The molecule has 4 nitrogen and oxygen atoms in total. The monoisotopic (exact) mass is 319 g/mol. The van der Waals surface area contributed by atoms with E-state index in [1.807, 2.05) is 36.9 Å². The SMILES string of the molecule is CCOc1ccc(CCC(=O)N2CCCC(C)C2)cc1OCC. The second-order valence-corrected chi connectivity index (χ2v) is 6.23. The number of amides is 1. The lowest BCUT2D eigenvalue weighted by atomic mass is 9.99. The number of carbonyl (C=O) groups excluding carboxylic acids is 1. The molecular formula is C19H29NO3. The van der Waals surface area contributed by atoms with Crippen LogP contribution in [0.1, 0.15) is 45.6 Å². The van der Waals surface area contributed by atoms with Gasteiger partial charge in [0.1, 0.15) is 0 Å². The summed E-state index contributed by atoms with van der Waals surface area (Å²) in [7, 11) is 0. The normalized spacial score (nSPS) is 17.9. The Balaban J connectivity index is 1.94. The van der Waals surface area contributed by atoms with Crippen LogP contribution in [0.4, 0.5) is 0 Å². The standard InChI is InChI=1S/C19H29NO3/c1-4-22-17-10-8-16(13-18(17)23-5-2)9-11-19(21)20-12-6-7-15(3)14-20/h8,10,13,15H,4-7,9,11-12,14H2,1-3H3. The minimum Gasteiger partial charge on any atom is -0.490 e. The molecule has 1 aliphatic heterocycles. The molecule has 0 radical (unpaired) electrons. The van der Waals surface area contributed by atoms with Gasteiger partial charge in [-0.25, -0.2) is 0 Å². The number of piperidine rings is 1. The van der Waals surface area contributed by atoms with Crippen molar-refractivity contribution in [1.82, 2.24) is 4.90 Å². The zero-order valence-electron chi connectivity index (χ0n) is 14.6. The van der Waals surface area contributed by atoms with Crippen molar-refractivity contribution in [3.8, 4) is 11.5 Å². The van der Waals surface area contributed by atoms with Crippen molar-refractivity contribution in [2.75, 3.05) is 26.3 Å². The molecule has 0 aromatic heterocycles. The summed E-state index contributed by atoms with van der Waals surface area (Å²) in [5.74, 6) is 2.44. The van der Waals surface area contributed by atoms with Crippen LogP contribution in [-0.2, 0) is 11.2 Å². The summed E-state index contributed by atoms with van der Waals surface area (Å²) in [4.78, 5) is 14.4. The Labute approximate surface area is 139 Å². The van der Waals surface area contributed by atoms with Crippen LogP contribution in [0.25, 0.3) is 0 Å². The predicted octanol–water partition coefficient (Wildman–Crippen LogP) is 3.68. The van der Waals surface area contributed by atoms with Gasteiger partial charge in [-0.2, -0.15) is 0 Å². The number of ether oxygens (including phenoxy) is 2. The van der Waals surface area contributed by atoms with Crippen LogP contribution < -0.4 is 9.47 Å². The Bertz CT molecular complexity index is 515. The molecule has 2 rings (SSSR count). The number of nitrogens with zero attached hydrogens (tertiary/aromatic N) is 1. The molecule has 1 amide bonds. The quantitative estimate of drug-likeness (QED) is 0.769. The number of rotatable bonds is 7. The van der Waals surface area contributed by atoms with Crippen LogP contribution >= 0.6 is 0 Å². The number of aryl methyl sites for hydroxylation is 1. The maximum Gasteiger partial charge on any atom is 0.222 e. The minimum atomic E-state index is 0.267. The van der Waals surface area contributed by atoms with Gasteiger partial charge in [0, 0.05) is 19.5 Å². The van der Waals surface area contributed by atoms with Gasteiger partial charge in [0.15, 0.2) is 11.5 Å². The summed E-state index contributed by atoms with van der Waals surface area (Å²) >= 11 is 0. The fourth-order valence-electron chi connectivity index (χ4n) is 3.08. The van der Waals surface area contributed by atoms with Gasteiger partial charge in [-0.05, 0) is 56.7 Å². The third-order valence-electron chi connectivity index (χ3n) is 4.25. The van der Waals surface area contributed by atoms with Crippen LogP contribution in [0.2, 0.25) is 0 Å². The Morgan fingerprint density at radius 2 is 1.96 bits per heavy atom. The highest BCUT2D eigenvalue weighted by Gasteiger charge is 2.20. The van der Waals surface area contributed by atoms with Gasteiger partial charge in [0.2, 0.25) is 5.91 Å². The molecule has 0 saturated carbocycles. The van der Waals surface area contributed by atoms with Crippen molar-refractivity contribution in [3.63, 3.8) is 0 Å². The molecule has 1 aromatic rings. The molecule has 1 atom stereocenters. The molecule has 1 saturated heterocycles. The molecule has 0 N–H and O–H groups in total. The molecule has 23 heavy (non-hydrogen) atoms. The lowest BCUT2D eigenvalue weighted by Crippen LogP contribution is -2.39. The van der Waals surface area contributed by atoms with E-state index in [2.05, 4.69) is 6.92 Å². The lowest BCUT2D eigenvalue weighted by Gasteiger charge is -2.31. The Hall–Kier alpha value is -1.71. The molecule has 1 aliphatic rings. The summed E-state index contributed by atoms with van der Waals surface area (Å²) in [6.07, 6.45) is 3.67. The Morgan fingerprint density at radius 3 is 2.65 bits per heavy atom. The number of hydrogen-bond donors (Lipinski definition) is 0. The van der Waals surface area contributed by atoms with E-state index >= 15 is 0 Å². The van der Waals surface area contributed by atoms with Gasteiger partial charge in [0.05, 0.1) is 13.2 Å². The second-order valence-electron chi connectivity index (χ2n) is 6.23. The van der Waals surface area contributed by atoms with E-state index < -0.39 is 0 Å². The number of hydrogen-bond acceptors (Lipinski definition) is 3. The summed E-state index contributed by atoms with van der Waals surface area (Å²) in [5, 5.41) is 0. The largest absolute Gasteiger partial charge is 0.490 e. The van der Waals surface area contributed by atoms with E-state index in [4.69, 9.17) is 9.47 Å². The molecule has 1 unspecified atom stereocenters. The predicted molar refractivity (Wildman–Crippen MR) is 92.1 cm³/mol. The van der Waals surface area contributed by atoms with Crippen molar-refractivity contribution in [2.45, 2.75) is 46.5 Å². The molecule has 0 spiro atoms. The smallest absolute Gasteiger partial charge is 0.222 e. The van der Waals surface area contributed by atoms with E-state index in [0.717, 1.165) is 43.0 Å². The van der Waals surface area contributed by atoms with Crippen molar-refractivity contribution in [2.24, 2.45) is 5.92 Å². The number of carbonyl (C=O) groups is 1. The highest BCUT2D eigenvalue weighted by Crippen LogP contribution is 2.29. The van der Waals surface area contributed by atoms with Crippen LogP contribution in [0.3, 0.4) is 0 Å². The first-order valence-corrected chi connectivity index (χ1v) is 8.80. The first-order chi connectivity index (χ1) is 11.1. The van der Waals surface area contributed by atoms with E-state index in [1.54, 1.807) is 0 Å². The fourth-order valence-corrected chi connectivity index (χ4v) is 3.08. The number of likely N-dealkylation sites (tertiary alicyclic amines) is 1. The van der Waals surface area contributed by atoms with Crippen LogP contribution in [0.15, 0.2) is 18.2 Å². The highest BCUT2D eigenvalue weighted by atomic mass is 16.5. The zero-order chi connectivity index (χ0) is 16.7. The summed E-state index contributed by atoms with van der Waals surface area (Å²) in [6.45, 7) is 9.19. The molecule has 1 heterocycles. The molecule has 1 fully saturated rings. The van der Waals surface area contributed by atoms with Gasteiger partial charge in [-0.1, -0.05) is 13.0 Å². The summed E-state index contributed by atoms with van der Waals surface area (Å²) in [5.41, 5.74) is 1.12. The van der Waals surface area contributed by atoms with Crippen molar-refractivity contribution in [3.05, 3.63) is 23.8 Å². The van der Waals surface area contributed by atoms with Crippen molar-refractivity contribution < 1.29 is 14.3 Å². The third kappa shape index (κ3) is 5.15. The van der Waals surface area contributed by atoms with Gasteiger partial charge >= 0.3 is 0 Å². The van der Waals surface area contributed by atoms with Crippen LogP contribution in [-0.4, -0.2) is 37.1 Å². The van der Waals surface area contributed by atoms with Gasteiger partial charge in [0.25, 0.3) is 0 Å². The van der Waals surface area contributed by atoms with E-state index in [9.17, 15) is 4.79 Å². The number of benzene rings is 1. The fraction of sp³-hybridized carbons (Fsp3) is 0.632. The van der Waals surface area contributed by atoms with Gasteiger partial charge in [-0.3, -0.25) is 4.79 Å². The highest BCUT2D eigenvalue weighted by molar-refractivity contribution is 5.76. The average molecular weight is 319 g/mol. The van der Waals surface area contributed by atoms with E-state index in [0.29, 0.717) is 25.6 Å². The molecule has 0 aliphatic carbocycles. The third-order valence-corrected chi connectivity index (χ3v) is 4.25. The molecule has 128 valence electrons. The van der Waals surface area contributed by atoms with Gasteiger partial charge < -0.3 is 14.4 Å². The van der Waals surface area contributed by atoms with Crippen LogP contribution in [0.5, 0.6) is 11.5 Å². The molecule has 0 bridgehead atoms. The first-order valence-electron chi connectivity index (χ1n) is 8.80. The summed E-state index contributed by atoms with van der Waals surface area (Å²) < 4.78 is 11.2. The van der Waals surface area contributed by atoms with Gasteiger partial charge in [-0.15, -0.1) is 0 Å². The minimum absolute atomic E-state index is 0.267.